The van der Waals surface area contributed by atoms with Crippen molar-refractivity contribution in [1.29, 1.82) is 0 Å². The Hall–Kier alpha value is -0.220. The monoisotopic (exact) mass is 219 g/mol. The highest BCUT2D eigenvalue weighted by Crippen LogP contribution is 2.37. The molecule has 1 saturated carbocycles. The van der Waals surface area contributed by atoms with Gasteiger partial charge in [-0.25, -0.2) is 8.78 Å². The molecule has 15 heavy (non-hydrogen) atoms. The molecule has 2 atom stereocenters. The minimum atomic E-state index is -2.45. The van der Waals surface area contributed by atoms with Crippen LogP contribution in [-0.4, -0.2) is 31.7 Å². The lowest BCUT2D eigenvalue weighted by Crippen LogP contribution is -2.42. The SMILES string of the molecule is FC1(F)CCCC[C@H]1CN[C@H]1CCOC1. The highest BCUT2D eigenvalue weighted by atomic mass is 19.3. The summed E-state index contributed by atoms with van der Waals surface area (Å²) < 4.78 is 32.1. The minimum Gasteiger partial charge on any atom is -0.380 e. The van der Waals surface area contributed by atoms with E-state index in [1.807, 2.05) is 0 Å². The van der Waals surface area contributed by atoms with Crippen molar-refractivity contribution >= 4 is 0 Å². The summed E-state index contributed by atoms with van der Waals surface area (Å²) in [6.45, 7) is 1.89. The standard InChI is InChI=1S/C11H19F2NO/c12-11(13)5-2-1-3-9(11)7-14-10-4-6-15-8-10/h9-10,14H,1-8H2/t9-,10-/m0/s1. The van der Waals surface area contributed by atoms with E-state index in [0.717, 1.165) is 19.4 Å². The normalized spacial score (nSPS) is 35.6. The second-order valence-electron chi connectivity index (χ2n) is 4.67. The van der Waals surface area contributed by atoms with Crippen molar-refractivity contribution < 1.29 is 13.5 Å². The number of nitrogens with one attached hydrogen (secondary N) is 1. The number of hydrogen-bond donors (Lipinski definition) is 1. The maximum absolute atomic E-state index is 13.5. The first-order valence-electron chi connectivity index (χ1n) is 5.87. The number of hydrogen-bond acceptors (Lipinski definition) is 2. The third kappa shape index (κ3) is 2.88. The molecule has 0 amide bonds. The second-order valence-corrected chi connectivity index (χ2v) is 4.67. The van der Waals surface area contributed by atoms with Gasteiger partial charge in [0.2, 0.25) is 0 Å². The van der Waals surface area contributed by atoms with Crippen molar-refractivity contribution in [3.05, 3.63) is 0 Å². The molecule has 1 saturated heterocycles. The van der Waals surface area contributed by atoms with Crippen LogP contribution < -0.4 is 5.32 Å². The Kier molecular flexibility index (Phi) is 3.57. The summed E-state index contributed by atoms with van der Waals surface area (Å²) in [5, 5.41) is 3.20. The largest absolute Gasteiger partial charge is 0.380 e. The van der Waals surface area contributed by atoms with Crippen LogP contribution in [0, 0.1) is 5.92 Å². The number of halogens is 2. The lowest BCUT2D eigenvalue weighted by atomic mass is 9.85. The Labute approximate surface area is 89.4 Å². The quantitative estimate of drug-likeness (QED) is 0.785. The number of rotatable bonds is 3. The van der Waals surface area contributed by atoms with Crippen molar-refractivity contribution in [2.75, 3.05) is 19.8 Å². The van der Waals surface area contributed by atoms with Gasteiger partial charge in [-0.1, -0.05) is 6.42 Å². The van der Waals surface area contributed by atoms with Crippen LogP contribution in [0.5, 0.6) is 0 Å². The molecular weight excluding hydrogens is 200 g/mol. The average Bonchev–Trinajstić information content (AvgIpc) is 2.68. The van der Waals surface area contributed by atoms with Crippen LogP contribution in [0.25, 0.3) is 0 Å². The topological polar surface area (TPSA) is 21.3 Å². The second kappa shape index (κ2) is 4.74. The molecule has 0 aromatic carbocycles. The number of alkyl halides is 2. The molecule has 0 unspecified atom stereocenters. The Balaban J connectivity index is 1.76. The van der Waals surface area contributed by atoms with Crippen LogP contribution in [0.3, 0.4) is 0 Å². The van der Waals surface area contributed by atoms with E-state index < -0.39 is 11.8 Å². The van der Waals surface area contributed by atoms with Crippen molar-refractivity contribution in [3.63, 3.8) is 0 Å². The Morgan fingerprint density at radius 3 is 2.80 bits per heavy atom. The van der Waals surface area contributed by atoms with Crippen LogP contribution in [0.2, 0.25) is 0 Å². The molecular formula is C11H19F2NO. The molecule has 2 aliphatic rings. The summed E-state index contributed by atoms with van der Waals surface area (Å²) in [6, 6.07) is 0.294. The van der Waals surface area contributed by atoms with Crippen molar-refractivity contribution in [1.82, 2.24) is 5.32 Å². The summed E-state index contributed by atoms with van der Waals surface area (Å²) in [5.41, 5.74) is 0. The molecule has 1 aliphatic carbocycles. The smallest absolute Gasteiger partial charge is 0.252 e. The first-order valence-corrected chi connectivity index (χ1v) is 5.87. The van der Waals surface area contributed by atoms with Gasteiger partial charge in [-0.3, -0.25) is 0 Å². The highest BCUT2D eigenvalue weighted by Gasteiger charge is 2.41. The van der Waals surface area contributed by atoms with Crippen LogP contribution >= 0.6 is 0 Å². The lowest BCUT2D eigenvalue weighted by Gasteiger charge is -2.32. The fraction of sp³-hybridized carbons (Fsp3) is 1.00. The molecule has 88 valence electrons. The van der Waals surface area contributed by atoms with Gasteiger partial charge in [0.05, 0.1) is 6.61 Å². The third-order valence-corrected chi connectivity index (χ3v) is 3.49. The van der Waals surface area contributed by atoms with Crippen LogP contribution in [0.4, 0.5) is 8.78 Å². The summed E-state index contributed by atoms with van der Waals surface area (Å²) in [6.07, 6.45) is 3.31. The zero-order chi connectivity index (χ0) is 10.7. The molecule has 0 aromatic heterocycles. The summed E-state index contributed by atoms with van der Waals surface area (Å²) in [5.74, 6) is -2.92. The van der Waals surface area contributed by atoms with Gasteiger partial charge in [-0.2, -0.15) is 0 Å². The Morgan fingerprint density at radius 2 is 2.13 bits per heavy atom. The summed E-state index contributed by atoms with van der Waals surface area (Å²) in [7, 11) is 0. The molecule has 2 rings (SSSR count). The van der Waals surface area contributed by atoms with Gasteiger partial charge in [0, 0.05) is 31.5 Å². The Morgan fingerprint density at radius 1 is 1.27 bits per heavy atom. The maximum Gasteiger partial charge on any atom is 0.252 e. The van der Waals surface area contributed by atoms with E-state index in [0.29, 0.717) is 32.0 Å². The fourth-order valence-corrected chi connectivity index (χ4v) is 2.42. The summed E-state index contributed by atoms with van der Waals surface area (Å²) in [4.78, 5) is 0. The number of ether oxygens (including phenoxy) is 1. The van der Waals surface area contributed by atoms with Gasteiger partial charge in [0.1, 0.15) is 0 Å². The molecule has 1 heterocycles. The van der Waals surface area contributed by atoms with Crippen LogP contribution in [0.15, 0.2) is 0 Å². The van der Waals surface area contributed by atoms with E-state index in [1.54, 1.807) is 0 Å². The predicted octanol–water partition coefficient (Wildman–Crippen LogP) is 2.19. The molecule has 0 aromatic rings. The van der Waals surface area contributed by atoms with Gasteiger partial charge < -0.3 is 10.1 Å². The van der Waals surface area contributed by atoms with Gasteiger partial charge in [0.25, 0.3) is 5.92 Å². The molecule has 0 bridgehead atoms. The van der Waals surface area contributed by atoms with Crippen LogP contribution in [-0.2, 0) is 4.74 Å². The predicted molar refractivity (Wildman–Crippen MR) is 54.1 cm³/mol. The van der Waals surface area contributed by atoms with E-state index in [9.17, 15) is 8.78 Å². The molecule has 2 fully saturated rings. The molecule has 2 nitrogen and oxygen atoms in total. The zero-order valence-electron chi connectivity index (χ0n) is 8.98. The third-order valence-electron chi connectivity index (χ3n) is 3.49. The minimum absolute atomic E-state index is 0.0700. The fourth-order valence-electron chi connectivity index (χ4n) is 2.42. The van der Waals surface area contributed by atoms with E-state index >= 15 is 0 Å². The lowest BCUT2D eigenvalue weighted by molar-refractivity contribution is -0.0849. The van der Waals surface area contributed by atoms with Crippen molar-refractivity contribution in [2.45, 2.75) is 44.1 Å². The molecule has 0 spiro atoms. The first-order chi connectivity index (χ1) is 7.18. The zero-order valence-corrected chi connectivity index (χ0v) is 8.98. The molecule has 1 N–H and O–H groups in total. The van der Waals surface area contributed by atoms with Gasteiger partial charge in [-0.05, 0) is 19.3 Å². The maximum atomic E-state index is 13.5. The van der Waals surface area contributed by atoms with E-state index in [1.165, 1.54) is 0 Å². The van der Waals surface area contributed by atoms with Gasteiger partial charge in [-0.15, -0.1) is 0 Å². The first kappa shape index (κ1) is 11.3. The average molecular weight is 219 g/mol. The van der Waals surface area contributed by atoms with E-state index in [4.69, 9.17) is 4.74 Å². The van der Waals surface area contributed by atoms with Gasteiger partial charge in [0.15, 0.2) is 0 Å². The molecule has 4 heteroatoms. The van der Waals surface area contributed by atoms with Crippen molar-refractivity contribution in [3.8, 4) is 0 Å². The molecule has 0 radical (unpaired) electrons. The molecule has 1 aliphatic heterocycles. The summed E-state index contributed by atoms with van der Waals surface area (Å²) >= 11 is 0. The van der Waals surface area contributed by atoms with Gasteiger partial charge >= 0.3 is 0 Å². The van der Waals surface area contributed by atoms with E-state index in [-0.39, 0.29) is 6.42 Å². The van der Waals surface area contributed by atoms with E-state index in [2.05, 4.69) is 5.32 Å². The Bertz CT molecular complexity index is 205. The van der Waals surface area contributed by atoms with Crippen molar-refractivity contribution in [2.24, 2.45) is 5.92 Å². The van der Waals surface area contributed by atoms with Crippen LogP contribution in [0.1, 0.15) is 32.1 Å². The highest BCUT2D eigenvalue weighted by molar-refractivity contribution is 4.84.